The van der Waals surface area contributed by atoms with Crippen molar-refractivity contribution in [3.63, 3.8) is 0 Å². The predicted molar refractivity (Wildman–Crippen MR) is 78.4 cm³/mol. The van der Waals surface area contributed by atoms with Gasteiger partial charge in [0.15, 0.2) is 0 Å². The molecule has 0 bridgehead atoms. The average molecular weight is 241 g/mol. The Kier molecular flexibility index (Phi) is 15.3. The fraction of sp³-hybridized carbons (Fsp3) is 0.867. The van der Waals surface area contributed by atoms with Crippen molar-refractivity contribution in [1.82, 2.24) is 0 Å². The second-order valence-corrected chi connectivity index (χ2v) is 5.68. The van der Waals surface area contributed by atoms with Gasteiger partial charge in [0, 0.05) is 0 Å². The highest BCUT2D eigenvalue weighted by molar-refractivity contribution is 7.41. The zero-order chi connectivity index (χ0) is 11.9. The molecule has 1 radical (unpaired) electrons. The molecule has 16 heavy (non-hydrogen) atoms. The highest BCUT2D eigenvalue weighted by Crippen LogP contribution is 2.16. The molecular formula is C15H30P. The van der Waals surface area contributed by atoms with E-state index in [9.17, 15) is 0 Å². The average Bonchev–Trinajstić information content (AvgIpc) is 2.31. The van der Waals surface area contributed by atoms with E-state index in [1.807, 2.05) is 0 Å². The first-order valence-electron chi connectivity index (χ1n) is 7.19. The van der Waals surface area contributed by atoms with Crippen LogP contribution < -0.4 is 0 Å². The Bertz CT molecular complexity index is 140. The van der Waals surface area contributed by atoms with Gasteiger partial charge in [-0.2, -0.15) is 0 Å². The van der Waals surface area contributed by atoms with Crippen molar-refractivity contribution in [2.75, 3.05) is 6.16 Å². The quantitative estimate of drug-likeness (QED) is 0.274. The van der Waals surface area contributed by atoms with Gasteiger partial charge in [-0.15, -0.1) is 0 Å². The second-order valence-electron chi connectivity index (χ2n) is 4.57. The van der Waals surface area contributed by atoms with Gasteiger partial charge < -0.3 is 0 Å². The third-order valence-electron chi connectivity index (χ3n) is 2.90. The van der Waals surface area contributed by atoms with Crippen LogP contribution in [-0.4, -0.2) is 6.16 Å². The monoisotopic (exact) mass is 241 g/mol. The molecule has 0 aromatic heterocycles. The smallest absolute Gasteiger partial charge is 0.0250 e. The molecule has 0 unspecified atom stereocenters. The van der Waals surface area contributed by atoms with Crippen molar-refractivity contribution in [2.24, 2.45) is 0 Å². The van der Waals surface area contributed by atoms with Crippen molar-refractivity contribution in [3.8, 4) is 0 Å². The van der Waals surface area contributed by atoms with Crippen LogP contribution in [0.15, 0.2) is 11.9 Å². The van der Waals surface area contributed by atoms with E-state index in [2.05, 4.69) is 25.7 Å². The van der Waals surface area contributed by atoms with Crippen LogP contribution in [0.5, 0.6) is 0 Å². The summed E-state index contributed by atoms with van der Waals surface area (Å²) in [6.07, 6.45) is 18.0. The molecule has 0 saturated carbocycles. The number of allylic oxidation sites excluding steroid dienone is 1. The minimum atomic E-state index is 1.36. The number of unbranched alkanes of at least 4 members (excludes halogenated alkanes) is 9. The van der Waals surface area contributed by atoms with Crippen molar-refractivity contribution in [1.29, 1.82) is 0 Å². The van der Waals surface area contributed by atoms with E-state index in [1.54, 1.807) is 0 Å². The van der Waals surface area contributed by atoms with E-state index in [0.717, 1.165) is 0 Å². The van der Waals surface area contributed by atoms with Crippen LogP contribution in [0.1, 0.15) is 78.1 Å². The Morgan fingerprint density at radius 2 is 1.25 bits per heavy atom. The maximum Gasteiger partial charge on any atom is -0.0250 e. The summed E-state index contributed by atoms with van der Waals surface area (Å²) in [5.74, 6) is 2.26. The Morgan fingerprint density at radius 3 is 1.75 bits per heavy atom. The van der Waals surface area contributed by atoms with E-state index in [4.69, 9.17) is 0 Å². The van der Waals surface area contributed by atoms with Crippen LogP contribution >= 0.6 is 8.58 Å². The van der Waals surface area contributed by atoms with Crippen LogP contribution in [0.2, 0.25) is 0 Å². The molecule has 0 atom stereocenters. The van der Waals surface area contributed by atoms with Crippen molar-refractivity contribution in [3.05, 3.63) is 11.9 Å². The van der Waals surface area contributed by atoms with Crippen LogP contribution in [0.25, 0.3) is 0 Å². The molecule has 0 aromatic carbocycles. The van der Waals surface area contributed by atoms with Gasteiger partial charge in [-0.3, -0.25) is 0 Å². The molecule has 0 aliphatic heterocycles. The van der Waals surface area contributed by atoms with Gasteiger partial charge in [-0.25, -0.2) is 0 Å². The highest BCUT2D eigenvalue weighted by Gasteiger charge is 1.92. The minimum absolute atomic E-state index is 1.36. The first kappa shape index (κ1) is 16.2. The Morgan fingerprint density at radius 1 is 0.750 bits per heavy atom. The molecule has 0 rings (SSSR count). The molecule has 0 aliphatic carbocycles. The fourth-order valence-corrected chi connectivity index (χ4v) is 2.64. The maximum atomic E-state index is 2.28. The molecule has 95 valence electrons. The van der Waals surface area contributed by atoms with Crippen molar-refractivity contribution in [2.45, 2.75) is 78.1 Å². The summed E-state index contributed by atoms with van der Waals surface area (Å²) in [5, 5.41) is 0. The predicted octanol–water partition coefficient (Wildman–Crippen LogP) is 6.39. The molecule has 0 N–H and O–H groups in total. The third-order valence-corrected chi connectivity index (χ3v) is 3.98. The van der Waals surface area contributed by atoms with Gasteiger partial charge in [0.2, 0.25) is 0 Å². The summed E-state index contributed by atoms with van der Waals surface area (Å²) in [7, 11) is 1.51. The molecule has 0 nitrogen and oxygen atoms in total. The second kappa shape index (κ2) is 15.2. The molecule has 0 aliphatic rings. The summed E-state index contributed by atoms with van der Waals surface area (Å²) < 4.78 is 0. The molecular weight excluding hydrogens is 211 g/mol. The van der Waals surface area contributed by atoms with E-state index in [-0.39, 0.29) is 0 Å². The molecule has 0 fully saturated rings. The topological polar surface area (TPSA) is 0 Å². The summed E-state index contributed by atoms with van der Waals surface area (Å²) in [4.78, 5) is 0. The normalized spacial score (nSPS) is 12.1. The standard InChI is InChI=1S/C15H30P/c1-3-5-6-7-8-9-10-11-12-13-15-16-14-4-2/h4,14H,3,5-13,15H2,1-2H3. The number of hydrogen-bond donors (Lipinski definition) is 0. The third kappa shape index (κ3) is 14.2. The van der Waals surface area contributed by atoms with Crippen LogP contribution in [0.3, 0.4) is 0 Å². The summed E-state index contributed by atoms with van der Waals surface area (Å²) in [5.41, 5.74) is 0. The zero-order valence-corrected chi connectivity index (χ0v) is 12.3. The van der Waals surface area contributed by atoms with E-state index in [1.165, 1.54) is 79.0 Å². The van der Waals surface area contributed by atoms with Gasteiger partial charge in [-0.1, -0.05) is 85.2 Å². The van der Waals surface area contributed by atoms with Crippen LogP contribution in [0, 0.1) is 0 Å². The highest BCUT2D eigenvalue weighted by atomic mass is 31.1. The number of rotatable bonds is 12. The summed E-state index contributed by atoms with van der Waals surface area (Å²) in [6.45, 7) is 4.39. The van der Waals surface area contributed by atoms with Crippen LogP contribution in [0.4, 0.5) is 0 Å². The lowest BCUT2D eigenvalue weighted by atomic mass is 10.1. The Hall–Kier alpha value is 0.170. The minimum Gasteiger partial charge on any atom is -0.0868 e. The summed E-state index contributed by atoms with van der Waals surface area (Å²) >= 11 is 0. The van der Waals surface area contributed by atoms with E-state index in [0.29, 0.717) is 0 Å². The van der Waals surface area contributed by atoms with E-state index >= 15 is 0 Å². The number of hydrogen-bond acceptors (Lipinski definition) is 0. The largest absolute Gasteiger partial charge is 0.0868 e. The Balaban J connectivity index is 2.88. The van der Waals surface area contributed by atoms with Crippen molar-refractivity contribution >= 4 is 8.58 Å². The van der Waals surface area contributed by atoms with Gasteiger partial charge in [0.25, 0.3) is 0 Å². The molecule has 1 heteroatoms. The molecule has 0 spiro atoms. The maximum absolute atomic E-state index is 2.28. The lowest BCUT2D eigenvalue weighted by molar-refractivity contribution is 0.563. The lowest BCUT2D eigenvalue weighted by Gasteiger charge is -2.01. The first-order chi connectivity index (χ1) is 7.91. The molecule has 0 saturated heterocycles. The molecule has 0 heterocycles. The van der Waals surface area contributed by atoms with Crippen molar-refractivity contribution < 1.29 is 0 Å². The fourth-order valence-electron chi connectivity index (χ4n) is 1.87. The molecule has 0 amide bonds. The zero-order valence-electron chi connectivity index (χ0n) is 11.4. The van der Waals surface area contributed by atoms with Gasteiger partial charge in [-0.05, 0) is 19.5 Å². The lowest BCUT2D eigenvalue weighted by Crippen LogP contribution is -1.82. The SMILES string of the molecule is CC=C[P]CCCCCCCCCCCC. The van der Waals surface area contributed by atoms with Gasteiger partial charge >= 0.3 is 0 Å². The van der Waals surface area contributed by atoms with Gasteiger partial charge in [0.1, 0.15) is 0 Å². The summed E-state index contributed by atoms with van der Waals surface area (Å²) in [6, 6.07) is 0. The molecule has 0 aromatic rings. The van der Waals surface area contributed by atoms with E-state index < -0.39 is 0 Å². The Labute approximate surface area is 105 Å². The first-order valence-corrected chi connectivity index (χ1v) is 8.34. The van der Waals surface area contributed by atoms with Crippen LogP contribution in [-0.2, 0) is 0 Å². The van der Waals surface area contributed by atoms with Gasteiger partial charge in [0.05, 0.1) is 0 Å².